The lowest BCUT2D eigenvalue weighted by atomic mass is 9.86. The lowest BCUT2D eigenvalue weighted by Gasteiger charge is -2.34. The number of pyridine rings is 2. The van der Waals surface area contributed by atoms with Crippen molar-refractivity contribution in [2.45, 2.75) is 45.4 Å². The van der Waals surface area contributed by atoms with Crippen molar-refractivity contribution < 1.29 is 9.50 Å². The second kappa shape index (κ2) is 11.9. The molecule has 8 nitrogen and oxygen atoms in total. The number of aryl methyl sites for hydroxylation is 1. The SMILES string of the molecule is CCc1nc2ccc(-c3ccc(N4CCC(CC5(CO)CC5)CC4)nc3)cn2c1N(C)c1nc(-c2ccc(F)cc2)c(C#N)s1. The van der Waals surface area contributed by atoms with E-state index in [9.17, 15) is 14.8 Å². The molecule has 2 aliphatic rings. The van der Waals surface area contributed by atoms with Gasteiger partial charge in [0.05, 0.1) is 5.69 Å². The largest absolute Gasteiger partial charge is 0.396 e. The van der Waals surface area contributed by atoms with Crippen molar-refractivity contribution in [3.05, 3.63) is 77.3 Å². The number of benzene rings is 1. The lowest BCUT2D eigenvalue weighted by Crippen LogP contribution is -2.35. The number of imidazole rings is 1. The monoisotopic (exact) mass is 621 g/mol. The van der Waals surface area contributed by atoms with Crippen LogP contribution in [0.25, 0.3) is 28.0 Å². The summed E-state index contributed by atoms with van der Waals surface area (Å²) in [5.41, 5.74) is 5.28. The fourth-order valence-electron chi connectivity index (χ4n) is 6.59. The number of fused-ring (bicyclic) bond motifs is 1. The molecule has 4 aromatic heterocycles. The molecule has 0 spiro atoms. The molecule has 10 heteroatoms. The van der Waals surface area contributed by atoms with E-state index in [0.29, 0.717) is 33.8 Å². The maximum Gasteiger partial charge on any atom is 0.192 e. The normalized spacial score (nSPS) is 16.2. The molecule has 5 heterocycles. The molecule has 0 amide bonds. The van der Waals surface area contributed by atoms with Crippen LogP contribution in [0.1, 0.15) is 49.6 Å². The van der Waals surface area contributed by atoms with E-state index in [1.54, 1.807) is 12.1 Å². The van der Waals surface area contributed by atoms with E-state index >= 15 is 0 Å². The van der Waals surface area contributed by atoms with E-state index in [-0.39, 0.29) is 11.2 Å². The number of aliphatic hydroxyl groups excluding tert-OH is 1. The molecular formula is C35H36FN7OS. The van der Waals surface area contributed by atoms with E-state index in [1.807, 2.05) is 24.2 Å². The van der Waals surface area contributed by atoms with E-state index < -0.39 is 0 Å². The highest BCUT2D eigenvalue weighted by molar-refractivity contribution is 7.16. The molecule has 7 rings (SSSR count). The van der Waals surface area contributed by atoms with Crippen molar-refractivity contribution in [1.29, 1.82) is 5.26 Å². The highest BCUT2D eigenvalue weighted by Gasteiger charge is 2.43. The van der Waals surface area contributed by atoms with Crippen LogP contribution in [0, 0.1) is 28.5 Å². The molecular weight excluding hydrogens is 585 g/mol. The van der Waals surface area contributed by atoms with E-state index in [2.05, 4.69) is 46.7 Å². The Hall–Kier alpha value is -4.33. The Labute approximate surface area is 266 Å². The zero-order valence-corrected chi connectivity index (χ0v) is 26.4. The summed E-state index contributed by atoms with van der Waals surface area (Å²) in [5.74, 6) is 2.26. The molecule has 1 aliphatic carbocycles. The summed E-state index contributed by atoms with van der Waals surface area (Å²) in [6, 6.07) is 16.7. The second-order valence-corrected chi connectivity index (χ2v) is 13.4. The summed E-state index contributed by atoms with van der Waals surface area (Å²) in [5, 5.41) is 20.2. The van der Waals surface area contributed by atoms with Gasteiger partial charge in [-0.25, -0.2) is 19.3 Å². The molecule has 0 atom stereocenters. The zero-order chi connectivity index (χ0) is 31.1. The summed E-state index contributed by atoms with van der Waals surface area (Å²) >= 11 is 1.31. The van der Waals surface area contributed by atoms with Crippen LogP contribution < -0.4 is 9.80 Å². The molecule has 2 fully saturated rings. The quantitative estimate of drug-likeness (QED) is 0.185. The van der Waals surface area contributed by atoms with Gasteiger partial charge in [-0.1, -0.05) is 18.3 Å². The van der Waals surface area contributed by atoms with Gasteiger partial charge in [0.2, 0.25) is 0 Å². The first-order valence-electron chi connectivity index (χ1n) is 15.6. The van der Waals surface area contributed by atoms with Crippen molar-refractivity contribution in [1.82, 2.24) is 19.4 Å². The van der Waals surface area contributed by atoms with Gasteiger partial charge < -0.3 is 14.9 Å². The van der Waals surface area contributed by atoms with Gasteiger partial charge in [0.25, 0.3) is 0 Å². The summed E-state index contributed by atoms with van der Waals surface area (Å²) in [4.78, 5) is 19.4. The fourth-order valence-corrected chi connectivity index (χ4v) is 7.44. The maximum atomic E-state index is 13.6. The molecule has 1 aliphatic heterocycles. The van der Waals surface area contributed by atoms with Crippen LogP contribution in [-0.2, 0) is 6.42 Å². The molecule has 230 valence electrons. The number of nitrogens with zero attached hydrogens (tertiary/aromatic N) is 7. The summed E-state index contributed by atoms with van der Waals surface area (Å²) in [6.07, 6.45) is 10.6. The van der Waals surface area contributed by atoms with Gasteiger partial charge in [0.15, 0.2) is 5.13 Å². The third-order valence-corrected chi connectivity index (χ3v) is 10.5. The molecule has 1 aromatic carbocycles. The Morgan fingerprint density at radius 3 is 2.42 bits per heavy atom. The highest BCUT2D eigenvalue weighted by Crippen LogP contribution is 2.51. The summed E-state index contributed by atoms with van der Waals surface area (Å²) in [6.45, 7) is 4.42. The molecule has 0 bridgehead atoms. The molecule has 0 radical (unpaired) electrons. The number of halogens is 1. The number of aromatic nitrogens is 4. The molecule has 1 N–H and O–H groups in total. The van der Waals surface area contributed by atoms with Gasteiger partial charge in [-0.2, -0.15) is 5.26 Å². The Balaban J connectivity index is 1.13. The smallest absolute Gasteiger partial charge is 0.192 e. The maximum absolute atomic E-state index is 13.6. The number of aliphatic hydroxyl groups is 1. The summed E-state index contributed by atoms with van der Waals surface area (Å²) < 4.78 is 15.6. The van der Waals surface area contributed by atoms with Crippen LogP contribution in [-0.4, -0.2) is 51.2 Å². The van der Waals surface area contributed by atoms with Gasteiger partial charge in [0, 0.05) is 55.8 Å². The number of hydrogen-bond donors (Lipinski definition) is 1. The standard InChI is InChI=1S/C35H36FN7OS/c1-3-28-33(41(2)34-40-32(29(19-37)45-34)24-4-8-27(36)9-5-24)43-21-26(7-11-31(43)39-28)25-6-10-30(38-20-25)42-16-12-23(13-17-42)18-35(22-44)14-15-35/h4-11,20-21,23,44H,3,12-18,22H2,1-2H3. The topological polar surface area (TPSA) is 93.6 Å². The van der Waals surface area contributed by atoms with E-state index in [4.69, 9.17) is 15.0 Å². The molecule has 0 unspecified atom stereocenters. The van der Waals surface area contributed by atoms with Gasteiger partial charge in [-0.15, -0.1) is 0 Å². The van der Waals surface area contributed by atoms with E-state index in [1.165, 1.54) is 36.3 Å². The number of anilines is 3. The van der Waals surface area contributed by atoms with Crippen molar-refractivity contribution in [2.24, 2.45) is 11.3 Å². The number of piperidine rings is 1. The predicted octanol–water partition coefficient (Wildman–Crippen LogP) is 7.24. The Morgan fingerprint density at radius 2 is 1.78 bits per heavy atom. The summed E-state index contributed by atoms with van der Waals surface area (Å²) in [7, 11) is 1.94. The molecule has 45 heavy (non-hydrogen) atoms. The van der Waals surface area contributed by atoms with Gasteiger partial charge >= 0.3 is 0 Å². The van der Waals surface area contributed by atoms with Crippen molar-refractivity contribution in [2.75, 3.05) is 36.5 Å². The Morgan fingerprint density at radius 1 is 1.04 bits per heavy atom. The molecule has 5 aromatic rings. The van der Waals surface area contributed by atoms with Gasteiger partial charge in [-0.05, 0) is 98.4 Å². The first-order valence-corrected chi connectivity index (χ1v) is 16.5. The minimum Gasteiger partial charge on any atom is -0.396 e. The van der Waals surface area contributed by atoms with Crippen LogP contribution in [0.4, 0.5) is 21.2 Å². The number of hydrogen-bond acceptors (Lipinski definition) is 8. The van der Waals surface area contributed by atoms with Crippen LogP contribution >= 0.6 is 11.3 Å². The van der Waals surface area contributed by atoms with Crippen molar-refractivity contribution in [3.63, 3.8) is 0 Å². The van der Waals surface area contributed by atoms with Crippen molar-refractivity contribution in [3.8, 4) is 28.5 Å². The number of nitriles is 1. The van der Waals surface area contributed by atoms with Crippen LogP contribution in [0.3, 0.4) is 0 Å². The number of thiazole rings is 1. The second-order valence-electron chi connectivity index (χ2n) is 12.4. The van der Waals surface area contributed by atoms with Crippen LogP contribution in [0.15, 0.2) is 60.9 Å². The fraction of sp³-hybridized carbons (Fsp3) is 0.371. The van der Waals surface area contributed by atoms with Gasteiger partial charge in [-0.3, -0.25) is 4.40 Å². The third-order valence-electron chi connectivity index (χ3n) is 9.47. The van der Waals surface area contributed by atoms with Gasteiger partial charge in [0.1, 0.15) is 39.7 Å². The molecule has 1 saturated carbocycles. The third kappa shape index (κ3) is 5.67. The predicted molar refractivity (Wildman–Crippen MR) is 176 cm³/mol. The first-order chi connectivity index (χ1) is 21.9. The Kier molecular flexibility index (Phi) is 7.76. The minimum absolute atomic E-state index is 0.225. The molecule has 1 saturated heterocycles. The average molecular weight is 622 g/mol. The lowest BCUT2D eigenvalue weighted by molar-refractivity contribution is 0.174. The van der Waals surface area contributed by atoms with Crippen LogP contribution in [0.2, 0.25) is 0 Å². The highest BCUT2D eigenvalue weighted by atomic mass is 32.1. The Bertz CT molecular complexity index is 1860. The number of rotatable bonds is 9. The minimum atomic E-state index is -0.329. The zero-order valence-electron chi connectivity index (χ0n) is 25.6. The first kappa shape index (κ1) is 29.4. The van der Waals surface area contributed by atoms with Crippen molar-refractivity contribution >= 4 is 33.8 Å². The average Bonchev–Trinajstić information content (AvgIpc) is 3.55. The van der Waals surface area contributed by atoms with Crippen LogP contribution in [0.5, 0.6) is 0 Å². The van der Waals surface area contributed by atoms with E-state index in [0.717, 1.165) is 72.9 Å².